The minimum atomic E-state index is -4.09. The Morgan fingerprint density at radius 3 is 0.974 bits per heavy atom. The quantitative estimate of drug-likeness (QED) is 0.273. The van der Waals surface area contributed by atoms with Crippen LogP contribution in [0.15, 0.2) is 58.3 Å². The topological polar surface area (TPSA) is 125 Å². The molecule has 0 aromatic heterocycles. The van der Waals surface area contributed by atoms with Gasteiger partial charge in [-0.05, 0) is 63.8 Å². The summed E-state index contributed by atoms with van der Waals surface area (Å²) >= 11 is 0. The largest absolute Gasteiger partial charge is 4.00 e. The van der Waals surface area contributed by atoms with Crippen molar-refractivity contribution in [1.82, 2.24) is 0 Å². The molecule has 3 aromatic carbocycles. The van der Waals surface area contributed by atoms with Crippen LogP contribution in [0.3, 0.4) is 0 Å². The van der Waals surface area contributed by atoms with Crippen LogP contribution in [0.1, 0.15) is 33.4 Å². The fraction of sp³-hybridized carbons (Fsp3) is 0.357. The van der Waals surface area contributed by atoms with Crippen molar-refractivity contribution in [3.63, 3.8) is 0 Å². The summed E-state index contributed by atoms with van der Waals surface area (Å²) in [5.74, 6) is 0. The molecule has 0 heterocycles. The monoisotopic (exact) mass is 648 g/mol. The van der Waals surface area contributed by atoms with Gasteiger partial charge in [-0.1, -0.05) is 59.7 Å². The summed E-state index contributed by atoms with van der Waals surface area (Å²) in [4.78, 5) is 0.233. The zero-order valence-electron chi connectivity index (χ0n) is 24.4. The molecular weight excluding hydrogens is 612 g/mol. The van der Waals surface area contributed by atoms with Crippen LogP contribution in [0.25, 0.3) is 20.1 Å². The molecule has 3 aromatic rings. The molecule has 0 bridgehead atoms. The molecular formula is C28H38N4O4S2Zr. The van der Waals surface area contributed by atoms with Gasteiger partial charge in [0.05, 0.1) is 9.79 Å². The van der Waals surface area contributed by atoms with Gasteiger partial charge in [-0.2, -0.15) is 28.2 Å². The SMILES string of the molecule is C[N-]C.C[N-]C.Cc1cc(C)c(S(=O)(=O)[N-]c2ccccc2[N-]S(=O)(=O)c2c(C)cc(C)cc2C)c(C)c1.[Zr+4]. The first-order valence-electron chi connectivity index (χ1n) is 11.8. The molecule has 11 heteroatoms. The van der Waals surface area contributed by atoms with E-state index in [0.717, 1.165) is 11.1 Å². The minimum Gasteiger partial charge on any atom is -0.668 e. The van der Waals surface area contributed by atoms with Crippen molar-refractivity contribution in [2.24, 2.45) is 0 Å². The molecule has 0 atom stereocenters. The first kappa shape index (κ1) is 37.0. The summed E-state index contributed by atoms with van der Waals surface area (Å²) in [5, 5.41) is 7.00. The van der Waals surface area contributed by atoms with Crippen LogP contribution >= 0.6 is 0 Å². The van der Waals surface area contributed by atoms with Gasteiger partial charge >= 0.3 is 26.2 Å². The molecule has 210 valence electrons. The number of hydrogen-bond acceptors (Lipinski definition) is 4. The second kappa shape index (κ2) is 16.3. The van der Waals surface area contributed by atoms with Gasteiger partial charge in [-0.3, -0.25) is 0 Å². The van der Waals surface area contributed by atoms with Crippen molar-refractivity contribution in [2.75, 3.05) is 28.2 Å². The second-order valence-corrected chi connectivity index (χ2v) is 12.1. The van der Waals surface area contributed by atoms with E-state index >= 15 is 0 Å². The molecule has 39 heavy (non-hydrogen) atoms. The van der Waals surface area contributed by atoms with E-state index in [1.165, 1.54) is 12.1 Å². The molecule has 0 amide bonds. The zero-order valence-corrected chi connectivity index (χ0v) is 28.4. The van der Waals surface area contributed by atoms with Crippen LogP contribution in [0.4, 0.5) is 11.4 Å². The van der Waals surface area contributed by atoms with E-state index in [1.807, 2.05) is 13.8 Å². The summed E-state index contributed by atoms with van der Waals surface area (Å²) in [6.45, 7) is 10.6. The fourth-order valence-corrected chi connectivity index (χ4v) is 6.99. The van der Waals surface area contributed by atoms with E-state index in [0.29, 0.717) is 22.3 Å². The maximum Gasteiger partial charge on any atom is 4.00 e. The smallest absolute Gasteiger partial charge is 0.668 e. The molecule has 0 aliphatic carbocycles. The Morgan fingerprint density at radius 1 is 0.513 bits per heavy atom. The van der Waals surface area contributed by atoms with Crippen LogP contribution in [-0.2, 0) is 46.2 Å². The summed E-state index contributed by atoms with van der Waals surface area (Å²) in [5.41, 5.74) is 4.17. The third-order valence-corrected chi connectivity index (χ3v) is 8.24. The number of nitrogens with zero attached hydrogens (tertiary/aromatic N) is 4. The fourth-order valence-electron chi connectivity index (χ4n) is 4.12. The Kier molecular flexibility index (Phi) is 15.4. The van der Waals surface area contributed by atoms with Crippen LogP contribution in [-0.4, -0.2) is 45.0 Å². The van der Waals surface area contributed by atoms with E-state index in [9.17, 15) is 16.8 Å². The number of rotatable bonds is 6. The van der Waals surface area contributed by atoms with Crippen LogP contribution in [0.5, 0.6) is 0 Å². The Bertz CT molecular complexity index is 1300. The van der Waals surface area contributed by atoms with Gasteiger partial charge in [0, 0.05) is 0 Å². The molecule has 0 spiro atoms. The number of sulfonamides is 2. The maximum absolute atomic E-state index is 13.1. The number of benzene rings is 3. The third-order valence-electron chi connectivity index (χ3n) is 5.04. The van der Waals surface area contributed by atoms with Gasteiger partial charge in [-0.25, -0.2) is 16.8 Å². The summed E-state index contributed by atoms with van der Waals surface area (Å²) in [7, 11) is -1.17. The molecule has 0 unspecified atom stereocenters. The first-order valence-corrected chi connectivity index (χ1v) is 14.7. The average molecular weight is 650 g/mol. The third kappa shape index (κ3) is 10.5. The summed E-state index contributed by atoms with van der Waals surface area (Å²) in [6, 6.07) is 13.2. The van der Waals surface area contributed by atoms with Crippen LogP contribution < -0.4 is 0 Å². The Morgan fingerprint density at radius 2 is 0.744 bits per heavy atom. The zero-order chi connectivity index (χ0) is 29.3. The Balaban J connectivity index is 0.00000189. The van der Waals surface area contributed by atoms with Crippen molar-refractivity contribution >= 4 is 31.4 Å². The standard InChI is InChI=1S/C24H26N2O4S2.2C2H6N.Zr/c1-15-11-17(3)23(18(4)12-15)31(27,28)25-21-9-7-8-10-22(21)26-32(29,30)24-19(5)13-16(2)14-20(24)6;2*1-3-2;/h7-14H,1-6H3;2*1-2H3;/q-2;2*-1;+4. The van der Waals surface area contributed by atoms with E-state index in [4.69, 9.17) is 0 Å². The van der Waals surface area contributed by atoms with Gasteiger partial charge in [0.1, 0.15) is 20.0 Å². The molecule has 0 aliphatic heterocycles. The van der Waals surface area contributed by atoms with Crippen molar-refractivity contribution < 1.29 is 43.0 Å². The summed E-state index contributed by atoms with van der Waals surface area (Å²) in [6.07, 6.45) is 0. The van der Waals surface area contributed by atoms with Crippen LogP contribution in [0, 0.1) is 41.5 Å². The molecule has 3 rings (SSSR count). The normalized spacial score (nSPS) is 10.7. The van der Waals surface area contributed by atoms with Crippen LogP contribution in [0.2, 0.25) is 0 Å². The minimum absolute atomic E-state index is 0. The van der Waals surface area contributed by atoms with E-state index < -0.39 is 20.0 Å². The van der Waals surface area contributed by atoms with Gasteiger partial charge in [0.15, 0.2) is 0 Å². The van der Waals surface area contributed by atoms with E-state index in [2.05, 4.69) is 20.1 Å². The molecule has 0 fully saturated rings. The summed E-state index contributed by atoms with van der Waals surface area (Å²) < 4.78 is 60.4. The molecule has 0 saturated heterocycles. The van der Waals surface area contributed by atoms with Gasteiger partial charge < -0.3 is 20.1 Å². The van der Waals surface area contributed by atoms with Crippen molar-refractivity contribution in [2.45, 2.75) is 51.3 Å². The molecule has 0 radical (unpaired) electrons. The van der Waals surface area contributed by atoms with E-state index in [1.54, 1.807) is 92.3 Å². The molecule has 0 saturated carbocycles. The molecule has 0 aliphatic rings. The molecule has 0 N–H and O–H groups in total. The van der Waals surface area contributed by atoms with Gasteiger partial charge in [0.25, 0.3) is 0 Å². The van der Waals surface area contributed by atoms with E-state index in [-0.39, 0.29) is 47.4 Å². The predicted molar refractivity (Wildman–Crippen MR) is 159 cm³/mol. The van der Waals surface area contributed by atoms with Crippen molar-refractivity contribution in [3.05, 3.63) is 102 Å². The Labute approximate surface area is 254 Å². The maximum atomic E-state index is 13.1. The second-order valence-electron chi connectivity index (χ2n) is 8.97. The Hall–Kier alpha value is -2.04. The van der Waals surface area contributed by atoms with Gasteiger partial charge in [0.2, 0.25) is 0 Å². The number of aryl methyl sites for hydroxylation is 6. The van der Waals surface area contributed by atoms with Crippen molar-refractivity contribution in [3.8, 4) is 0 Å². The average Bonchev–Trinajstić information content (AvgIpc) is 2.74. The first-order chi connectivity index (χ1) is 17.6. The molecule has 8 nitrogen and oxygen atoms in total. The van der Waals surface area contributed by atoms with Gasteiger partial charge in [-0.15, -0.1) is 11.4 Å². The van der Waals surface area contributed by atoms with Crippen molar-refractivity contribution in [1.29, 1.82) is 0 Å². The number of hydrogen-bond donors (Lipinski definition) is 0. The predicted octanol–water partition coefficient (Wildman–Crippen LogP) is 7.56.